The van der Waals surface area contributed by atoms with Gasteiger partial charge < -0.3 is 0 Å². The molecule has 0 spiro atoms. The Morgan fingerprint density at radius 2 is 1.40 bits per heavy atom. The second-order valence-electron chi connectivity index (χ2n) is 6.21. The van der Waals surface area contributed by atoms with Gasteiger partial charge in [0.05, 0.1) is 5.38 Å². The van der Waals surface area contributed by atoms with Crippen molar-refractivity contribution in [1.29, 1.82) is 0 Å². The number of hydrogen-bond donors (Lipinski definition) is 0. The van der Waals surface area contributed by atoms with Gasteiger partial charge in [0.2, 0.25) is 0 Å². The van der Waals surface area contributed by atoms with E-state index in [0.717, 1.165) is 0 Å². The van der Waals surface area contributed by atoms with Crippen LogP contribution in [0.15, 0.2) is 54.6 Å². The summed E-state index contributed by atoms with van der Waals surface area (Å²) in [6.07, 6.45) is 5.15. The Morgan fingerprint density at radius 1 is 0.850 bits per heavy atom. The maximum atomic E-state index is 6.75. The molecule has 0 bridgehead atoms. The van der Waals surface area contributed by atoms with Crippen molar-refractivity contribution in [2.24, 2.45) is 5.41 Å². The average Bonchev–Trinajstić information content (AvgIpc) is 2.96. The molecule has 20 heavy (non-hydrogen) atoms. The molecule has 1 heteroatoms. The molecule has 1 fully saturated rings. The van der Waals surface area contributed by atoms with E-state index in [1.165, 1.54) is 42.4 Å². The lowest BCUT2D eigenvalue weighted by molar-refractivity contribution is 0.322. The van der Waals surface area contributed by atoms with Crippen LogP contribution < -0.4 is 0 Å². The highest BCUT2D eigenvalue weighted by Gasteiger charge is 2.36. The lowest BCUT2D eigenvalue weighted by Crippen LogP contribution is -2.17. The van der Waals surface area contributed by atoms with E-state index in [2.05, 4.69) is 55.5 Å². The van der Waals surface area contributed by atoms with Gasteiger partial charge >= 0.3 is 0 Å². The summed E-state index contributed by atoms with van der Waals surface area (Å²) < 4.78 is 0. The second-order valence-corrected chi connectivity index (χ2v) is 6.65. The second kappa shape index (κ2) is 5.61. The number of hydrogen-bond acceptors (Lipinski definition) is 0. The van der Waals surface area contributed by atoms with Crippen molar-refractivity contribution < 1.29 is 0 Å². The molecule has 0 aromatic heterocycles. The SMILES string of the molecule is CC1(C(Cl)c2ccc(-c3ccccc3)cc2)CCCC1. The van der Waals surface area contributed by atoms with E-state index in [0.29, 0.717) is 0 Å². The van der Waals surface area contributed by atoms with Gasteiger partial charge in [0.25, 0.3) is 0 Å². The largest absolute Gasteiger partial charge is 0.117 e. The van der Waals surface area contributed by atoms with Crippen LogP contribution in [0.4, 0.5) is 0 Å². The molecular weight excluding hydrogens is 264 g/mol. The Balaban J connectivity index is 1.83. The molecule has 2 aromatic rings. The summed E-state index contributed by atoms with van der Waals surface area (Å²) in [5.74, 6) is 0. The van der Waals surface area contributed by atoms with Gasteiger partial charge in [0.15, 0.2) is 0 Å². The van der Waals surface area contributed by atoms with Gasteiger partial charge in [0, 0.05) is 0 Å². The summed E-state index contributed by atoms with van der Waals surface area (Å²) in [4.78, 5) is 0. The molecule has 2 aromatic carbocycles. The number of halogens is 1. The van der Waals surface area contributed by atoms with Crippen molar-refractivity contribution in [1.82, 2.24) is 0 Å². The van der Waals surface area contributed by atoms with Crippen molar-refractivity contribution in [2.75, 3.05) is 0 Å². The number of benzene rings is 2. The highest BCUT2D eigenvalue weighted by molar-refractivity contribution is 6.21. The maximum Gasteiger partial charge on any atom is 0.0638 e. The molecule has 0 heterocycles. The highest BCUT2D eigenvalue weighted by atomic mass is 35.5. The summed E-state index contributed by atoms with van der Waals surface area (Å²) in [6.45, 7) is 2.34. The summed E-state index contributed by atoms with van der Waals surface area (Å²) in [6, 6.07) is 19.3. The van der Waals surface area contributed by atoms with E-state index in [1.54, 1.807) is 0 Å². The topological polar surface area (TPSA) is 0 Å². The quantitative estimate of drug-likeness (QED) is 0.587. The molecule has 0 radical (unpaired) electrons. The summed E-state index contributed by atoms with van der Waals surface area (Å²) in [5, 5.41) is 0.134. The van der Waals surface area contributed by atoms with Gasteiger partial charge in [-0.15, -0.1) is 11.6 Å². The van der Waals surface area contributed by atoms with E-state index in [4.69, 9.17) is 11.6 Å². The van der Waals surface area contributed by atoms with Crippen LogP contribution >= 0.6 is 11.6 Å². The molecule has 3 rings (SSSR count). The minimum absolute atomic E-state index is 0.134. The van der Waals surface area contributed by atoms with E-state index >= 15 is 0 Å². The van der Waals surface area contributed by atoms with E-state index < -0.39 is 0 Å². The molecular formula is C19H21Cl. The predicted molar refractivity (Wildman–Crippen MR) is 87.0 cm³/mol. The van der Waals surface area contributed by atoms with Crippen molar-refractivity contribution in [3.63, 3.8) is 0 Å². The summed E-state index contributed by atoms with van der Waals surface area (Å²) in [7, 11) is 0. The third-order valence-electron chi connectivity index (χ3n) is 4.67. The van der Waals surface area contributed by atoms with Crippen LogP contribution in [0, 0.1) is 5.41 Å². The van der Waals surface area contributed by atoms with Crippen molar-refractivity contribution in [2.45, 2.75) is 38.0 Å². The first-order valence-corrected chi connectivity index (χ1v) is 7.92. The lowest BCUT2D eigenvalue weighted by atomic mass is 9.81. The van der Waals surface area contributed by atoms with Crippen LogP contribution in [0.2, 0.25) is 0 Å². The van der Waals surface area contributed by atoms with E-state index in [9.17, 15) is 0 Å². The highest BCUT2D eigenvalue weighted by Crippen LogP contribution is 2.50. The van der Waals surface area contributed by atoms with Gasteiger partial charge in [0.1, 0.15) is 0 Å². The zero-order chi connectivity index (χ0) is 14.0. The standard InChI is InChI=1S/C19H21Cl/c1-19(13-5-6-14-19)18(20)17-11-9-16(10-12-17)15-7-3-2-4-8-15/h2-4,7-12,18H,5-6,13-14H2,1H3. The third kappa shape index (κ3) is 2.62. The Kier molecular flexibility index (Phi) is 3.85. The van der Waals surface area contributed by atoms with Gasteiger partial charge in [-0.2, -0.15) is 0 Å². The first-order chi connectivity index (χ1) is 9.69. The van der Waals surface area contributed by atoms with Crippen molar-refractivity contribution >= 4 is 11.6 Å². The molecule has 0 N–H and O–H groups in total. The zero-order valence-electron chi connectivity index (χ0n) is 12.0. The minimum Gasteiger partial charge on any atom is -0.117 e. The predicted octanol–water partition coefficient (Wildman–Crippen LogP) is 6.21. The molecule has 1 aliphatic rings. The fourth-order valence-electron chi connectivity index (χ4n) is 3.31. The molecule has 1 unspecified atom stereocenters. The van der Waals surface area contributed by atoms with Gasteiger partial charge in [-0.3, -0.25) is 0 Å². The monoisotopic (exact) mass is 284 g/mol. The molecule has 0 amide bonds. The first kappa shape index (κ1) is 13.7. The fraction of sp³-hybridized carbons (Fsp3) is 0.368. The Bertz CT molecular complexity index is 550. The molecule has 1 aliphatic carbocycles. The van der Waals surface area contributed by atoms with Crippen LogP contribution in [-0.4, -0.2) is 0 Å². The van der Waals surface area contributed by atoms with Crippen LogP contribution in [0.25, 0.3) is 11.1 Å². The average molecular weight is 285 g/mol. The maximum absolute atomic E-state index is 6.75. The van der Waals surface area contributed by atoms with E-state index in [1.807, 2.05) is 6.07 Å². The molecule has 1 saturated carbocycles. The van der Waals surface area contributed by atoms with Crippen LogP contribution in [0.5, 0.6) is 0 Å². The van der Waals surface area contributed by atoms with Gasteiger partial charge in [-0.05, 0) is 34.9 Å². The Hall–Kier alpha value is -1.27. The van der Waals surface area contributed by atoms with E-state index in [-0.39, 0.29) is 10.8 Å². The molecule has 0 saturated heterocycles. The first-order valence-electron chi connectivity index (χ1n) is 7.48. The third-order valence-corrected chi connectivity index (χ3v) is 5.45. The van der Waals surface area contributed by atoms with Crippen LogP contribution in [0.1, 0.15) is 43.5 Å². The van der Waals surface area contributed by atoms with Crippen molar-refractivity contribution in [3.8, 4) is 11.1 Å². The number of alkyl halides is 1. The summed E-state index contributed by atoms with van der Waals surface area (Å²) in [5.41, 5.74) is 4.05. The molecule has 104 valence electrons. The minimum atomic E-state index is 0.134. The molecule has 0 nitrogen and oxygen atoms in total. The lowest BCUT2D eigenvalue weighted by Gasteiger charge is -2.29. The summed E-state index contributed by atoms with van der Waals surface area (Å²) >= 11 is 6.75. The van der Waals surface area contributed by atoms with Crippen LogP contribution in [0.3, 0.4) is 0 Å². The Labute approximate surface area is 126 Å². The Morgan fingerprint density at radius 3 is 2.00 bits per heavy atom. The zero-order valence-corrected chi connectivity index (χ0v) is 12.7. The number of rotatable bonds is 3. The fourth-order valence-corrected chi connectivity index (χ4v) is 3.68. The van der Waals surface area contributed by atoms with Crippen LogP contribution in [-0.2, 0) is 0 Å². The smallest absolute Gasteiger partial charge is 0.0638 e. The molecule has 0 aliphatic heterocycles. The van der Waals surface area contributed by atoms with Gasteiger partial charge in [-0.25, -0.2) is 0 Å². The molecule has 1 atom stereocenters. The normalized spacial score (nSPS) is 18.9. The van der Waals surface area contributed by atoms with Gasteiger partial charge in [-0.1, -0.05) is 74.4 Å². The van der Waals surface area contributed by atoms with Crippen molar-refractivity contribution in [3.05, 3.63) is 60.2 Å².